The van der Waals surface area contributed by atoms with Crippen LogP contribution in [0.25, 0.3) is 10.2 Å². The summed E-state index contributed by atoms with van der Waals surface area (Å²) in [6.07, 6.45) is -6.22. The standard InChI is InChI=1S/C21H21F3N2O3S/c1-14-7-3-5-9-16(14)29-12-11-26(2)18(27)13-20(28,21(22,23)24)19-25-15-8-4-6-10-17(15)30-19/h3-10,28H,11-13H2,1-2H3. The quantitative estimate of drug-likeness (QED) is 0.598. The third kappa shape index (κ3) is 4.57. The van der Waals surface area contributed by atoms with E-state index in [4.69, 9.17) is 4.74 Å². The summed E-state index contributed by atoms with van der Waals surface area (Å²) in [4.78, 5) is 17.5. The second-order valence-corrected chi connectivity index (χ2v) is 7.98. The number of aliphatic hydroxyl groups is 1. The van der Waals surface area contributed by atoms with E-state index in [1.165, 1.54) is 7.05 Å². The van der Waals surface area contributed by atoms with Crippen LogP contribution in [-0.2, 0) is 10.4 Å². The molecule has 1 aromatic heterocycles. The third-order valence-corrected chi connectivity index (χ3v) is 5.91. The molecule has 0 radical (unpaired) electrons. The minimum atomic E-state index is -5.06. The highest BCUT2D eigenvalue weighted by Gasteiger charge is 2.58. The van der Waals surface area contributed by atoms with Crippen molar-refractivity contribution < 1.29 is 27.8 Å². The van der Waals surface area contributed by atoms with E-state index in [1.54, 1.807) is 36.4 Å². The van der Waals surface area contributed by atoms with E-state index in [1.807, 2.05) is 19.1 Å². The summed E-state index contributed by atoms with van der Waals surface area (Å²) in [6.45, 7) is 2.05. The van der Waals surface area contributed by atoms with Gasteiger partial charge < -0.3 is 14.7 Å². The number of amides is 1. The van der Waals surface area contributed by atoms with E-state index in [9.17, 15) is 23.1 Å². The minimum absolute atomic E-state index is 0.0704. The van der Waals surface area contributed by atoms with Crippen LogP contribution in [0.2, 0.25) is 0 Å². The number of hydrogen-bond donors (Lipinski definition) is 1. The molecule has 1 amide bonds. The van der Waals surface area contributed by atoms with E-state index in [0.29, 0.717) is 16.0 Å². The molecule has 0 bridgehead atoms. The van der Waals surface area contributed by atoms with Crippen LogP contribution in [0.1, 0.15) is 17.0 Å². The number of likely N-dealkylation sites (N-methyl/N-ethyl adjacent to an activating group) is 1. The lowest BCUT2D eigenvalue weighted by Crippen LogP contribution is -2.46. The summed E-state index contributed by atoms with van der Waals surface area (Å²) in [6, 6.07) is 13.8. The van der Waals surface area contributed by atoms with Crippen molar-refractivity contribution in [2.75, 3.05) is 20.2 Å². The fourth-order valence-electron chi connectivity index (χ4n) is 2.84. The number of carbonyl (C=O) groups excluding carboxylic acids is 1. The number of ether oxygens (including phenoxy) is 1. The fraction of sp³-hybridized carbons (Fsp3) is 0.333. The van der Waals surface area contributed by atoms with Crippen molar-refractivity contribution in [2.45, 2.75) is 25.1 Å². The van der Waals surface area contributed by atoms with Gasteiger partial charge in [-0.05, 0) is 30.7 Å². The van der Waals surface area contributed by atoms with Crippen LogP contribution in [0.4, 0.5) is 13.2 Å². The molecule has 0 spiro atoms. The Hall–Kier alpha value is -2.65. The third-order valence-electron chi connectivity index (χ3n) is 4.73. The molecule has 0 aliphatic carbocycles. The molecule has 1 N–H and O–H groups in total. The van der Waals surface area contributed by atoms with E-state index in [2.05, 4.69) is 4.98 Å². The lowest BCUT2D eigenvalue weighted by molar-refractivity contribution is -0.268. The molecule has 2 aromatic carbocycles. The molecule has 0 saturated carbocycles. The molecule has 30 heavy (non-hydrogen) atoms. The normalized spacial score (nSPS) is 13.8. The zero-order valence-corrected chi connectivity index (χ0v) is 17.3. The highest BCUT2D eigenvalue weighted by atomic mass is 32.1. The summed E-state index contributed by atoms with van der Waals surface area (Å²) < 4.78 is 47.4. The Balaban J connectivity index is 1.71. The zero-order chi connectivity index (χ0) is 21.9. The van der Waals surface area contributed by atoms with Crippen molar-refractivity contribution in [3.05, 3.63) is 59.1 Å². The maximum absolute atomic E-state index is 13.8. The second kappa shape index (κ2) is 8.61. The first-order chi connectivity index (χ1) is 14.1. The first-order valence-corrected chi connectivity index (χ1v) is 10.0. The molecule has 0 saturated heterocycles. The van der Waals surface area contributed by atoms with E-state index >= 15 is 0 Å². The summed E-state index contributed by atoms with van der Waals surface area (Å²) >= 11 is 0.725. The van der Waals surface area contributed by atoms with Gasteiger partial charge in [0.1, 0.15) is 17.4 Å². The second-order valence-electron chi connectivity index (χ2n) is 6.95. The van der Waals surface area contributed by atoms with Gasteiger partial charge in [-0.15, -0.1) is 11.3 Å². The van der Waals surface area contributed by atoms with Gasteiger partial charge >= 0.3 is 6.18 Å². The lowest BCUT2D eigenvalue weighted by atomic mass is 9.99. The number of nitrogens with zero attached hydrogens (tertiary/aromatic N) is 2. The van der Waals surface area contributed by atoms with Crippen LogP contribution >= 0.6 is 11.3 Å². The van der Waals surface area contributed by atoms with Gasteiger partial charge in [-0.3, -0.25) is 4.79 Å². The topological polar surface area (TPSA) is 62.7 Å². The average Bonchev–Trinajstić information content (AvgIpc) is 3.13. The number of fused-ring (bicyclic) bond motifs is 1. The number of aromatic nitrogens is 1. The highest BCUT2D eigenvalue weighted by molar-refractivity contribution is 7.18. The smallest absolute Gasteiger partial charge is 0.424 e. The zero-order valence-electron chi connectivity index (χ0n) is 16.4. The Morgan fingerprint density at radius 2 is 1.83 bits per heavy atom. The Kier molecular flexibility index (Phi) is 6.33. The molecular formula is C21H21F3N2O3S. The number of para-hydroxylation sites is 2. The van der Waals surface area contributed by atoms with Gasteiger partial charge in [0, 0.05) is 7.05 Å². The van der Waals surface area contributed by atoms with Crippen molar-refractivity contribution in [1.82, 2.24) is 9.88 Å². The number of hydrogen-bond acceptors (Lipinski definition) is 5. The van der Waals surface area contributed by atoms with E-state index in [0.717, 1.165) is 21.8 Å². The average molecular weight is 438 g/mol. The molecule has 0 fully saturated rings. The van der Waals surface area contributed by atoms with Gasteiger partial charge in [0.25, 0.3) is 0 Å². The lowest BCUT2D eigenvalue weighted by Gasteiger charge is -2.29. The summed E-state index contributed by atoms with van der Waals surface area (Å²) in [7, 11) is 1.37. The van der Waals surface area contributed by atoms with Gasteiger partial charge in [0.2, 0.25) is 11.5 Å². The van der Waals surface area contributed by atoms with Crippen LogP contribution in [0.5, 0.6) is 5.75 Å². The largest absolute Gasteiger partial charge is 0.491 e. The van der Waals surface area contributed by atoms with Crippen molar-refractivity contribution in [3.8, 4) is 5.75 Å². The van der Waals surface area contributed by atoms with Gasteiger partial charge in [-0.2, -0.15) is 13.2 Å². The van der Waals surface area contributed by atoms with Gasteiger partial charge in [-0.1, -0.05) is 30.3 Å². The molecule has 3 aromatic rings. The molecule has 160 valence electrons. The van der Waals surface area contributed by atoms with Crippen molar-refractivity contribution in [1.29, 1.82) is 0 Å². The van der Waals surface area contributed by atoms with E-state index in [-0.39, 0.29) is 13.2 Å². The summed E-state index contributed by atoms with van der Waals surface area (Å²) in [5.41, 5.74) is -2.11. The highest BCUT2D eigenvalue weighted by Crippen LogP contribution is 2.44. The maximum atomic E-state index is 13.8. The van der Waals surface area contributed by atoms with Gasteiger partial charge in [0.15, 0.2) is 0 Å². The molecule has 9 heteroatoms. The van der Waals surface area contributed by atoms with Crippen molar-refractivity contribution >= 4 is 27.5 Å². The van der Waals surface area contributed by atoms with Crippen LogP contribution < -0.4 is 4.74 Å². The predicted molar refractivity (Wildman–Crippen MR) is 108 cm³/mol. The monoisotopic (exact) mass is 438 g/mol. The first-order valence-electron chi connectivity index (χ1n) is 9.19. The Morgan fingerprint density at radius 3 is 2.50 bits per heavy atom. The Bertz CT molecular complexity index is 1000. The molecule has 1 unspecified atom stereocenters. The van der Waals surface area contributed by atoms with E-state index < -0.39 is 29.1 Å². The summed E-state index contributed by atoms with van der Waals surface area (Å²) in [5, 5.41) is 9.98. The molecule has 1 heterocycles. The minimum Gasteiger partial charge on any atom is -0.491 e. The van der Waals surface area contributed by atoms with Crippen LogP contribution in [0.3, 0.4) is 0 Å². The molecule has 1 atom stereocenters. The Labute approximate surface area is 175 Å². The number of alkyl halides is 3. The van der Waals surface area contributed by atoms with Gasteiger partial charge in [0.05, 0.1) is 23.2 Å². The number of carbonyl (C=O) groups is 1. The number of rotatable bonds is 7. The van der Waals surface area contributed by atoms with Crippen molar-refractivity contribution in [3.63, 3.8) is 0 Å². The van der Waals surface area contributed by atoms with Crippen LogP contribution in [0.15, 0.2) is 48.5 Å². The number of halogens is 3. The molecule has 5 nitrogen and oxygen atoms in total. The van der Waals surface area contributed by atoms with Crippen LogP contribution in [0, 0.1) is 6.92 Å². The molecule has 0 aliphatic heterocycles. The SMILES string of the molecule is Cc1ccccc1OCCN(C)C(=O)CC(O)(c1nc2ccccc2s1)C(F)(F)F. The molecular weight excluding hydrogens is 417 g/mol. The maximum Gasteiger partial charge on any atom is 0.424 e. The van der Waals surface area contributed by atoms with Gasteiger partial charge in [-0.25, -0.2) is 4.98 Å². The van der Waals surface area contributed by atoms with Crippen LogP contribution in [-0.4, -0.2) is 47.3 Å². The molecule has 3 rings (SSSR count). The number of thiazole rings is 1. The molecule has 0 aliphatic rings. The fourth-order valence-corrected chi connectivity index (χ4v) is 3.91. The Morgan fingerprint density at radius 1 is 1.17 bits per heavy atom. The predicted octanol–water partition coefficient (Wildman–Crippen LogP) is 4.28. The summed E-state index contributed by atoms with van der Waals surface area (Å²) in [5.74, 6) is -0.220. The first kappa shape index (κ1) is 22.0. The number of benzene rings is 2. The van der Waals surface area contributed by atoms with Crippen molar-refractivity contribution in [2.24, 2.45) is 0 Å². The number of aryl methyl sites for hydroxylation is 1.